The number of rotatable bonds is 4. The van der Waals surface area contributed by atoms with Crippen LogP contribution < -0.4 is 0 Å². The number of hydrogen-bond acceptors (Lipinski definition) is 4. The summed E-state index contributed by atoms with van der Waals surface area (Å²) < 4.78 is 7.70. The summed E-state index contributed by atoms with van der Waals surface area (Å²) in [5.74, 6) is -0.101. The molecule has 0 radical (unpaired) electrons. The molecule has 21 heavy (non-hydrogen) atoms. The van der Waals surface area contributed by atoms with Gasteiger partial charge < -0.3 is 9.30 Å². The zero-order chi connectivity index (χ0) is 15.6. The Kier molecular flexibility index (Phi) is 4.71. The van der Waals surface area contributed by atoms with Gasteiger partial charge in [-0.2, -0.15) is 0 Å². The van der Waals surface area contributed by atoms with Crippen molar-refractivity contribution < 1.29 is 9.53 Å². The van der Waals surface area contributed by atoms with Crippen LogP contribution in [0.15, 0.2) is 12.5 Å². The third-order valence-electron chi connectivity index (χ3n) is 3.71. The van der Waals surface area contributed by atoms with Gasteiger partial charge in [-0.15, -0.1) is 0 Å². The van der Waals surface area contributed by atoms with Gasteiger partial charge in [0.25, 0.3) is 0 Å². The first-order chi connectivity index (χ1) is 9.78. The van der Waals surface area contributed by atoms with Gasteiger partial charge in [-0.05, 0) is 54.0 Å². The Hall–Kier alpha value is -1.36. The van der Waals surface area contributed by atoms with Crippen LogP contribution in [0.2, 0.25) is 0 Å². The molecule has 1 aliphatic heterocycles. The maximum atomic E-state index is 12.3. The van der Waals surface area contributed by atoms with Crippen LogP contribution in [-0.2, 0) is 16.1 Å². The summed E-state index contributed by atoms with van der Waals surface area (Å²) in [6.45, 7) is 11.7. The van der Waals surface area contributed by atoms with Gasteiger partial charge in [0.05, 0.1) is 12.0 Å². The molecule has 0 N–H and O–H groups in total. The number of imidazole rings is 1. The first-order valence-electron chi connectivity index (χ1n) is 7.75. The van der Waals surface area contributed by atoms with Gasteiger partial charge in [0.2, 0.25) is 0 Å². The van der Waals surface area contributed by atoms with Gasteiger partial charge in [-0.3, -0.25) is 9.69 Å². The van der Waals surface area contributed by atoms with E-state index in [0.29, 0.717) is 6.04 Å². The molecule has 5 nitrogen and oxygen atoms in total. The van der Waals surface area contributed by atoms with Crippen LogP contribution in [0.5, 0.6) is 0 Å². The molecule has 1 atom stereocenters. The maximum absolute atomic E-state index is 12.3. The Labute approximate surface area is 127 Å². The minimum atomic E-state index is -0.426. The summed E-state index contributed by atoms with van der Waals surface area (Å²) in [6.07, 6.45) is 5.67. The fourth-order valence-electron chi connectivity index (χ4n) is 2.78. The zero-order valence-electron chi connectivity index (χ0n) is 13.8. The lowest BCUT2D eigenvalue weighted by Crippen LogP contribution is -2.40. The Morgan fingerprint density at radius 3 is 2.81 bits per heavy atom. The number of carbonyl (C=O) groups excluding carboxylic acids is 1. The lowest BCUT2D eigenvalue weighted by Gasteiger charge is -2.27. The van der Waals surface area contributed by atoms with E-state index in [1.165, 1.54) is 0 Å². The first kappa shape index (κ1) is 16.0. The molecule has 118 valence electrons. The van der Waals surface area contributed by atoms with Crippen molar-refractivity contribution in [3.05, 3.63) is 18.2 Å². The molecule has 0 aromatic carbocycles. The Morgan fingerprint density at radius 2 is 2.19 bits per heavy atom. The minimum Gasteiger partial charge on any atom is -0.459 e. The molecule has 1 aromatic heterocycles. The molecule has 1 aliphatic rings. The van der Waals surface area contributed by atoms with E-state index in [0.717, 1.165) is 31.6 Å². The average Bonchev–Trinajstić information content (AvgIpc) is 2.95. The highest BCUT2D eigenvalue weighted by Crippen LogP contribution is 2.23. The van der Waals surface area contributed by atoms with Crippen LogP contribution in [0.3, 0.4) is 0 Å². The van der Waals surface area contributed by atoms with Gasteiger partial charge in [-0.1, -0.05) is 0 Å². The maximum Gasteiger partial charge on any atom is 0.323 e. The molecular formula is C16H27N3O2. The molecule has 0 unspecified atom stereocenters. The molecule has 0 saturated carbocycles. The topological polar surface area (TPSA) is 47.4 Å². The molecule has 0 spiro atoms. The van der Waals surface area contributed by atoms with Crippen LogP contribution >= 0.6 is 0 Å². The standard InChI is InChI=1S/C16H27N3O2/c1-12(2)19-11-17-9-13(19)10-18-8-6-7-14(18)15(20)21-16(3,4)5/h9,11-12,14H,6-8,10H2,1-5H3/t14-/m1/s1. The minimum absolute atomic E-state index is 0.101. The fourth-order valence-corrected chi connectivity index (χ4v) is 2.78. The number of aromatic nitrogens is 2. The van der Waals surface area contributed by atoms with E-state index in [2.05, 4.69) is 28.3 Å². The van der Waals surface area contributed by atoms with Crippen molar-refractivity contribution in [2.24, 2.45) is 0 Å². The SMILES string of the molecule is CC(C)n1cncc1CN1CCC[C@@H]1C(=O)OC(C)(C)C. The summed E-state index contributed by atoms with van der Waals surface area (Å²) in [5, 5.41) is 0. The van der Waals surface area contributed by atoms with Crippen LogP contribution in [0.25, 0.3) is 0 Å². The largest absolute Gasteiger partial charge is 0.459 e. The molecular weight excluding hydrogens is 266 g/mol. The first-order valence-corrected chi connectivity index (χ1v) is 7.75. The lowest BCUT2D eigenvalue weighted by molar-refractivity contribution is -0.160. The third-order valence-corrected chi connectivity index (χ3v) is 3.71. The second kappa shape index (κ2) is 6.18. The molecule has 0 aliphatic carbocycles. The molecule has 2 heterocycles. The molecule has 2 rings (SSSR count). The summed E-state index contributed by atoms with van der Waals surface area (Å²) in [6, 6.07) is 0.254. The van der Waals surface area contributed by atoms with Crippen molar-refractivity contribution in [1.29, 1.82) is 0 Å². The number of nitrogens with zero attached hydrogens (tertiary/aromatic N) is 3. The van der Waals surface area contributed by atoms with Crippen molar-refractivity contribution >= 4 is 5.97 Å². The number of hydrogen-bond donors (Lipinski definition) is 0. The molecule has 1 saturated heterocycles. The van der Waals surface area contributed by atoms with E-state index in [9.17, 15) is 4.79 Å². The molecule has 5 heteroatoms. The van der Waals surface area contributed by atoms with Gasteiger partial charge in [0, 0.05) is 18.8 Å². The van der Waals surface area contributed by atoms with Crippen molar-refractivity contribution in [3.8, 4) is 0 Å². The van der Waals surface area contributed by atoms with E-state index >= 15 is 0 Å². The molecule has 0 bridgehead atoms. The predicted molar refractivity (Wildman–Crippen MR) is 81.9 cm³/mol. The smallest absolute Gasteiger partial charge is 0.323 e. The van der Waals surface area contributed by atoms with Crippen LogP contribution in [0.1, 0.15) is 59.2 Å². The van der Waals surface area contributed by atoms with Crippen molar-refractivity contribution in [3.63, 3.8) is 0 Å². The number of ether oxygens (including phenoxy) is 1. The summed E-state index contributed by atoms with van der Waals surface area (Å²) >= 11 is 0. The third kappa shape index (κ3) is 4.06. The van der Waals surface area contributed by atoms with Gasteiger partial charge >= 0.3 is 5.97 Å². The summed E-state index contributed by atoms with van der Waals surface area (Å²) in [7, 11) is 0. The predicted octanol–water partition coefficient (Wildman–Crippen LogP) is 2.77. The van der Waals surface area contributed by atoms with Crippen LogP contribution in [0.4, 0.5) is 0 Å². The molecule has 1 fully saturated rings. The van der Waals surface area contributed by atoms with Crippen molar-refractivity contribution in [2.75, 3.05) is 6.54 Å². The summed E-state index contributed by atoms with van der Waals surface area (Å²) in [4.78, 5) is 18.8. The normalized spacial score (nSPS) is 20.2. The van der Waals surface area contributed by atoms with Gasteiger partial charge in [0.1, 0.15) is 11.6 Å². The van der Waals surface area contributed by atoms with Crippen LogP contribution in [0, 0.1) is 0 Å². The number of likely N-dealkylation sites (tertiary alicyclic amines) is 1. The lowest BCUT2D eigenvalue weighted by atomic mass is 10.1. The van der Waals surface area contributed by atoms with Gasteiger partial charge in [-0.25, -0.2) is 4.98 Å². The Balaban J connectivity index is 2.05. The summed E-state index contributed by atoms with van der Waals surface area (Å²) in [5.41, 5.74) is 0.728. The molecule has 1 aromatic rings. The van der Waals surface area contributed by atoms with E-state index < -0.39 is 5.60 Å². The second-order valence-electron chi connectivity index (χ2n) is 7.05. The second-order valence-corrected chi connectivity index (χ2v) is 7.05. The quantitative estimate of drug-likeness (QED) is 0.801. The number of esters is 1. The monoisotopic (exact) mass is 293 g/mol. The van der Waals surface area contributed by atoms with Gasteiger partial charge in [0.15, 0.2) is 0 Å². The van der Waals surface area contributed by atoms with E-state index in [-0.39, 0.29) is 12.0 Å². The fraction of sp³-hybridized carbons (Fsp3) is 0.750. The van der Waals surface area contributed by atoms with Crippen molar-refractivity contribution in [2.45, 2.75) is 71.7 Å². The molecule has 0 amide bonds. The highest BCUT2D eigenvalue weighted by atomic mass is 16.6. The van der Waals surface area contributed by atoms with E-state index in [1.807, 2.05) is 33.3 Å². The van der Waals surface area contributed by atoms with E-state index in [1.54, 1.807) is 0 Å². The average molecular weight is 293 g/mol. The highest BCUT2D eigenvalue weighted by molar-refractivity contribution is 5.76. The zero-order valence-corrected chi connectivity index (χ0v) is 13.8. The Bertz CT molecular complexity index is 488. The van der Waals surface area contributed by atoms with Crippen LogP contribution in [-0.4, -0.2) is 38.6 Å². The Morgan fingerprint density at radius 1 is 1.48 bits per heavy atom. The number of carbonyl (C=O) groups is 1. The van der Waals surface area contributed by atoms with E-state index in [4.69, 9.17) is 4.74 Å². The highest BCUT2D eigenvalue weighted by Gasteiger charge is 2.34. The van der Waals surface area contributed by atoms with Crippen molar-refractivity contribution in [1.82, 2.24) is 14.5 Å².